The van der Waals surface area contributed by atoms with Crippen LogP contribution in [0.3, 0.4) is 0 Å². The standard InChI is InChI=1S/C13H11IN2OS/c14-10-2-3-12-11(6-10)13(18-5-1-4-17)9(7-15)8-16-12/h2-3,6,8,17H,1,4-5H2. The number of aromatic nitrogens is 1. The van der Waals surface area contributed by atoms with Crippen LogP contribution in [0.4, 0.5) is 0 Å². The van der Waals surface area contributed by atoms with Crippen molar-refractivity contribution in [2.75, 3.05) is 12.4 Å². The zero-order chi connectivity index (χ0) is 13.0. The fourth-order valence-electron chi connectivity index (χ4n) is 1.61. The zero-order valence-corrected chi connectivity index (χ0v) is 12.5. The van der Waals surface area contributed by atoms with Crippen LogP contribution in [0.15, 0.2) is 29.3 Å². The third-order valence-electron chi connectivity index (χ3n) is 2.45. The smallest absolute Gasteiger partial charge is 0.102 e. The summed E-state index contributed by atoms with van der Waals surface area (Å²) in [5, 5.41) is 19.0. The normalized spacial score (nSPS) is 10.5. The summed E-state index contributed by atoms with van der Waals surface area (Å²) in [6.07, 6.45) is 2.35. The van der Waals surface area contributed by atoms with Gasteiger partial charge < -0.3 is 5.11 Å². The van der Waals surface area contributed by atoms with Crippen molar-refractivity contribution < 1.29 is 5.11 Å². The minimum Gasteiger partial charge on any atom is -0.396 e. The number of nitrogens with zero attached hydrogens (tertiary/aromatic N) is 2. The molecule has 18 heavy (non-hydrogen) atoms. The molecule has 0 bridgehead atoms. The molecule has 1 aromatic heterocycles. The molecule has 3 nitrogen and oxygen atoms in total. The summed E-state index contributed by atoms with van der Waals surface area (Å²) in [4.78, 5) is 5.26. The van der Waals surface area contributed by atoms with Crippen LogP contribution in [0.2, 0.25) is 0 Å². The van der Waals surface area contributed by atoms with E-state index in [1.54, 1.807) is 18.0 Å². The van der Waals surface area contributed by atoms with Crippen molar-refractivity contribution in [3.8, 4) is 6.07 Å². The van der Waals surface area contributed by atoms with Gasteiger partial charge in [0.1, 0.15) is 6.07 Å². The molecule has 0 unspecified atom stereocenters. The Morgan fingerprint density at radius 3 is 3.00 bits per heavy atom. The first-order valence-corrected chi connectivity index (χ1v) is 7.54. The molecule has 1 N–H and O–H groups in total. The van der Waals surface area contributed by atoms with Crippen molar-refractivity contribution in [1.29, 1.82) is 5.26 Å². The number of hydrogen-bond acceptors (Lipinski definition) is 4. The summed E-state index contributed by atoms with van der Waals surface area (Å²) in [7, 11) is 0. The van der Waals surface area contributed by atoms with Gasteiger partial charge in [-0.3, -0.25) is 4.98 Å². The Morgan fingerprint density at radius 1 is 1.44 bits per heavy atom. The van der Waals surface area contributed by atoms with Crippen molar-refractivity contribution in [2.24, 2.45) is 0 Å². The molecule has 0 radical (unpaired) electrons. The second kappa shape index (κ2) is 6.36. The van der Waals surface area contributed by atoms with Gasteiger partial charge in [-0.1, -0.05) is 0 Å². The molecular formula is C13H11IN2OS. The molecule has 5 heteroatoms. The number of pyridine rings is 1. The predicted molar refractivity (Wildman–Crippen MR) is 81.6 cm³/mol. The van der Waals surface area contributed by atoms with Crippen LogP contribution >= 0.6 is 34.4 Å². The van der Waals surface area contributed by atoms with E-state index in [0.29, 0.717) is 5.56 Å². The summed E-state index contributed by atoms with van der Waals surface area (Å²) in [5.41, 5.74) is 1.51. The SMILES string of the molecule is N#Cc1cnc2ccc(I)cc2c1SCCCO. The summed E-state index contributed by atoms with van der Waals surface area (Å²) < 4.78 is 1.13. The van der Waals surface area contributed by atoms with Gasteiger partial charge in [0.2, 0.25) is 0 Å². The molecule has 2 aromatic rings. The summed E-state index contributed by atoms with van der Waals surface area (Å²) in [5.74, 6) is 0.801. The van der Waals surface area contributed by atoms with Crippen LogP contribution < -0.4 is 0 Å². The third kappa shape index (κ3) is 2.94. The van der Waals surface area contributed by atoms with Crippen molar-refractivity contribution in [2.45, 2.75) is 11.3 Å². The first kappa shape index (κ1) is 13.6. The van der Waals surface area contributed by atoms with E-state index in [0.717, 1.165) is 31.5 Å². The highest BCUT2D eigenvalue weighted by Gasteiger charge is 2.09. The van der Waals surface area contributed by atoms with Gasteiger partial charge in [0.15, 0.2) is 0 Å². The fourth-order valence-corrected chi connectivity index (χ4v) is 3.16. The number of hydrogen-bond donors (Lipinski definition) is 1. The van der Waals surface area contributed by atoms with Crippen molar-refractivity contribution in [1.82, 2.24) is 4.98 Å². The molecule has 92 valence electrons. The maximum Gasteiger partial charge on any atom is 0.102 e. The van der Waals surface area contributed by atoms with Gasteiger partial charge in [-0.25, -0.2) is 0 Å². The quantitative estimate of drug-likeness (QED) is 0.510. The summed E-state index contributed by atoms with van der Waals surface area (Å²) in [6, 6.07) is 8.20. The van der Waals surface area contributed by atoms with E-state index in [1.807, 2.05) is 18.2 Å². The van der Waals surface area contributed by atoms with E-state index < -0.39 is 0 Å². The van der Waals surface area contributed by atoms with Crippen LogP contribution in [-0.4, -0.2) is 22.5 Å². The minimum absolute atomic E-state index is 0.176. The second-order valence-electron chi connectivity index (χ2n) is 3.70. The highest BCUT2D eigenvalue weighted by molar-refractivity contribution is 14.1. The highest BCUT2D eigenvalue weighted by atomic mass is 127. The van der Waals surface area contributed by atoms with Crippen LogP contribution in [0.1, 0.15) is 12.0 Å². The number of aliphatic hydroxyl groups is 1. The average Bonchev–Trinajstić information content (AvgIpc) is 2.39. The number of benzene rings is 1. The summed E-state index contributed by atoms with van der Waals surface area (Å²) >= 11 is 3.86. The van der Waals surface area contributed by atoms with Gasteiger partial charge in [0.25, 0.3) is 0 Å². The number of halogens is 1. The lowest BCUT2D eigenvalue weighted by Crippen LogP contribution is -1.92. The van der Waals surface area contributed by atoms with Gasteiger partial charge in [-0.2, -0.15) is 5.26 Å². The van der Waals surface area contributed by atoms with Gasteiger partial charge in [0, 0.05) is 32.4 Å². The second-order valence-corrected chi connectivity index (χ2v) is 6.05. The third-order valence-corrected chi connectivity index (χ3v) is 4.34. The lowest BCUT2D eigenvalue weighted by atomic mass is 10.2. The predicted octanol–water partition coefficient (Wildman–Crippen LogP) is 3.19. The minimum atomic E-state index is 0.176. The van der Waals surface area contributed by atoms with E-state index in [4.69, 9.17) is 10.4 Å². The van der Waals surface area contributed by atoms with Crippen molar-refractivity contribution >= 4 is 45.3 Å². The van der Waals surface area contributed by atoms with Gasteiger partial charge in [-0.05, 0) is 47.2 Å². The first-order valence-electron chi connectivity index (χ1n) is 5.48. The molecule has 0 aliphatic carbocycles. The molecule has 2 rings (SSSR count). The Morgan fingerprint density at radius 2 is 2.28 bits per heavy atom. The molecule has 1 aromatic carbocycles. The monoisotopic (exact) mass is 370 g/mol. The van der Waals surface area contributed by atoms with E-state index in [-0.39, 0.29) is 6.61 Å². The van der Waals surface area contributed by atoms with E-state index in [1.165, 1.54) is 0 Å². The Hall–Kier alpha value is -0.840. The average molecular weight is 370 g/mol. The van der Waals surface area contributed by atoms with Gasteiger partial charge in [0.05, 0.1) is 11.1 Å². The largest absolute Gasteiger partial charge is 0.396 e. The van der Waals surface area contributed by atoms with E-state index in [9.17, 15) is 0 Å². The molecule has 0 amide bonds. The van der Waals surface area contributed by atoms with Crippen LogP contribution in [0.25, 0.3) is 10.9 Å². The Kier molecular flexibility index (Phi) is 4.80. The maximum absolute atomic E-state index is 9.15. The fraction of sp³-hybridized carbons (Fsp3) is 0.231. The number of rotatable bonds is 4. The van der Waals surface area contributed by atoms with Crippen LogP contribution in [0.5, 0.6) is 0 Å². The molecule has 0 fully saturated rings. The van der Waals surface area contributed by atoms with Crippen LogP contribution in [0, 0.1) is 14.9 Å². The molecule has 0 saturated carbocycles. The van der Waals surface area contributed by atoms with Gasteiger partial charge >= 0.3 is 0 Å². The lowest BCUT2D eigenvalue weighted by Gasteiger charge is -2.08. The molecule has 0 spiro atoms. The Labute approximate surface area is 123 Å². The molecule has 1 heterocycles. The number of thioether (sulfide) groups is 1. The topological polar surface area (TPSA) is 56.9 Å². The van der Waals surface area contributed by atoms with Crippen molar-refractivity contribution in [3.63, 3.8) is 0 Å². The number of aliphatic hydroxyl groups excluding tert-OH is 1. The van der Waals surface area contributed by atoms with E-state index in [2.05, 4.69) is 33.6 Å². The Balaban J connectivity index is 2.50. The van der Waals surface area contributed by atoms with Gasteiger partial charge in [-0.15, -0.1) is 11.8 Å². The maximum atomic E-state index is 9.15. The number of fused-ring (bicyclic) bond motifs is 1. The number of nitriles is 1. The molecular weight excluding hydrogens is 359 g/mol. The first-order chi connectivity index (χ1) is 8.76. The van der Waals surface area contributed by atoms with Crippen LogP contribution in [-0.2, 0) is 0 Å². The molecule has 0 atom stereocenters. The zero-order valence-electron chi connectivity index (χ0n) is 9.56. The van der Waals surface area contributed by atoms with E-state index >= 15 is 0 Å². The highest BCUT2D eigenvalue weighted by Crippen LogP contribution is 2.31. The Bertz CT molecular complexity index is 610. The van der Waals surface area contributed by atoms with Crippen molar-refractivity contribution in [3.05, 3.63) is 33.5 Å². The molecule has 0 saturated heterocycles. The lowest BCUT2D eigenvalue weighted by molar-refractivity contribution is 0.296. The summed E-state index contributed by atoms with van der Waals surface area (Å²) in [6.45, 7) is 0.176. The molecule has 0 aliphatic rings. The molecule has 0 aliphatic heterocycles.